The normalized spacial score (nSPS) is 23.2. The summed E-state index contributed by atoms with van der Waals surface area (Å²) >= 11 is 5.97. The second kappa shape index (κ2) is 10.8. The first-order valence-corrected chi connectivity index (χ1v) is 12.2. The molecule has 37 heavy (non-hydrogen) atoms. The highest BCUT2D eigenvalue weighted by molar-refractivity contribution is 6.28. The lowest BCUT2D eigenvalue weighted by Gasteiger charge is -2.29. The highest BCUT2D eigenvalue weighted by Crippen LogP contribution is 2.35. The summed E-state index contributed by atoms with van der Waals surface area (Å²) in [4.78, 5) is 38.4. The summed E-state index contributed by atoms with van der Waals surface area (Å²) in [6.07, 6.45) is -3.03. The lowest BCUT2D eigenvalue weighted by molar-refractivity contribution is -0.143. The number of aliphatic hydroxyl groups is 1. The molecule has 0 saturated carbocycles. The van der Waals surface area contributed by atoms with E-state index in [-0.39, 0.29) is 29.9 Å². The van der Waals surface area contributed by atoms with Gasteiger partial charge in [0.25, 0.3) is 5.91 Å². The number of amides is 1. The standard InChI is InChI=1S/C25H29ClFN5O5/c1-5-25(12-33,10-15-7-6-8-16(9-15)22(35)31(3)4)36-11-17-20(34)18(27)23(37-17)32-13-28-19-14(2)29-24(26)30-21(19)32/h6-9,12-13,17-18,20,23,34H,5,10-11H2,1-4H3/t17-,18+,20-,23-,25?/m1/s1. The van der Waals surface area contributed by atoms with E-state index in [4.69, 9.17) is 21.1 Å². The Balaban J connectivity index is 1.50. The molecule has 12 heteroatoms. The van der Waals surface area contributed by atoms with Gasteiger partial charge in [0.1, 0.15) is 23.3 Å². The molecule has 1 aromatic carbocycles. The minimum atomic E-state index is -1.80. The predicted molar refractivity (Wildman–Crippen MR) is 133 cm³/mol. The van der Waals surface area contributed by atoms with Crippen LogP contribution in [0.15, 0.2) is 30.6 Å². The van der Waals surface area contributed by atoms with Crippen LogP contribution in [0.3, 0.4) is 0 Å². The number of aromatic nitrogens is 4. The molecule has 198 valence electrons. The number of hydrogen-bond donors (Lipinski definition) is 1. The summed E-state index contributed by atoms with van der Waals surface area (Å²) in [6, 6.07) is 6.96. The van der Waals surface area contributed by atoms with Crippen molar-refractivity contribution in [3.8, 4) is 0 Å². The lowest BCUT2D eigenvalue weighted by atomic mass is 9.92. The highest BCUT2D eigenvalue weighted by Gasteiger charge is 2.47. The fraction of sp³-hybridized carbons (Fsp3) is 0.480. The van der Waals surface area contributed by atoms with Crippen molar-refractivity contribution in [3.63, 3.8) is 0 Å². The summed E-state index contributed by atoms with van der Waals surface area (Å²) in [7, 11) is 3.32. The van der Waals surface area contributed by atoms with Gasteiger partial charge in [-0.15, -0.1) is 0 Å². The zero-order valence-corrected chi connectivity index (χ0v) is 21.7. The van der Waals surface area contributed by atoms with Crippen LogP contribution in [0.5, 0.6) is 0 Å². The Hall–Kier alpha value is -2.99. The number of hydrogen-bond acceptors (Lipinski definition) is 8. The van der Waals surface area contributed by atoms with Gasteiger partial charge in [-0.2, -0.15) is 4.98 Å². The molecule has 1 fully saturated rings. The number of fused-ring (bicyclic) bond motifs is 1. The first-order chi connectivity index (χ1) is 17.6. The average Bonchev–Trinajstić information content (AvgIpc) is 3.42. The molecule has 3 aromatic rings. The Morgan fingerprint density at radius 3 is 2.81 bits per heavy atom. The monoisotopic (exact) mass is 533 g/mol. The Morgan fingerprint density at radius 1 is 1.38 bits per heavy atom. The third kappa shape index (κ3) is 5.35. The van der Waals surface area contributed by atoms with E-state index in [9.17, 15) is 14.7 Å². The Bertz CT molecular complexity index is 1300. The number of halogens is 2. The second-order valence-electron chi connectivity index (χ2n) is 9.33. The number of ether oxygens (including phenoxy) is 2. The smallest absolute Gasteiger partial charge is 0.253 e. The molecule has 0 bridgehead atoms. The molecule has 4 rings (SSSR count). The van der Waals surface area contributed by atoms with Crippen LogP contribution in [0, 0.1) is 6.92 Å². The number of imidazole rings is 1. The average molecular weight is 534 g/mol. The maximum Gasteiger partial charge on any atom is 0.253 e. The van der Waals surface area contributed by atoms with Gasteiger partial charge >= 0.3 is 0 Å². The fourth-order valence-corrected chi connectivity index (χ4v) is 4.59. The number of rotatable bonds is 9. The van der Waals surface area contributed by atoms with Crippen molar-refractivity contribution in [2.24, 2.45) is 0 Å². The minimum absolute atomic E-state index is 0.0179. The van der Waals surface area contributed by atoms with Gasteiger partial charge in [0.15, 0.2) is 24.3 Å². The number of carbonyl (C=O) groups is 2. The molecule has 5 atom stereocenters. The highest BCUT2D eigenvalue weighted by atomic mass is 35.5. The van der Waals surface area contributed by atoms with E-state index in [0.717, 1.165) is 5.56 Å². The molecule has 3 heterocycles. The first kappa shape index (κ1) is 27.1. The van der Waals surface area contributed by atoms with Crippen molar-refractivity contribution >= 4 is 35.0 Å². The molecule has 1 unspecified atom stereocenters. The maximum atomic E-state index is 15.2. The van der Waals surface area contributed by atoms with Gasteiger partial charge in [-0.25, -0.2) is 14.4 Å². The van der Waals surface area contributed by atoms with E-state index in [1.807, 2.05) is 0 Å². The van der Waals surface area contributed by atoms with Crippen LogP contribution in [0.4, 0.5) is 4.39 Å². The molecular weight excluding hydrogens is 505 g/mol. The number of nitrogens with zero attached hydrogens (tertiary/aromatic N) is 5. The summed E-state index contributed by atoms with van der Waals surface area (Å²) in [6.45, 7) is 3.26. The molecule has 0 aliphatic carbocycles. The quantitative estimate of drug-likeness (QED) is 0.329. The summed E-state index contributed by atoms with van der Waals surface area (Å²) in [5, 5.41) is 10.6. The van der Waals surface area contributed by atoms with Crippen LogP contribution in [-0.4, -0.2) is 86.4 Å². The van der Waals surface area contributed by atoms with Crippen LogP contribution in [0.25, 0.3) is 11.2 Å². The lowest BCUT2D eigenvalue weighted by Crippen LogP contribution is -2.41. The van der Waals surface area contributed by atoms with E-state index in [2.05, 4.69) is 15.0 Å². The molecule has 1 N–H and O–H groups in total. The van der Waals surface area contributed by atoms with Gasteiger partial charge in [0.05, 0.1) is 18.6 Å². The SMILES string of the molecule is CCC(C=O)(Cc1cccc(C(=O)N(C)C)c1)OC[C@H]1O[C@@H](n2cnc3c(C)nc(Cl)nc32)[C@@H](F)[C@@H]1O. The van der Waals surface area contributed by atoms with Crippen LogP contribution < -0.4 is 0 Å². The van der Waals surface area contributed by atoms with Crippen LogP contribution in [0.1, 0.15) is 41.2 Å². The van der Waals surface area contributed by atoms with E-state index in [1.165, 1.54) is 15.8 Å². The first-order valence-electron chi connectivity index (χ1n) is 11.8. The van der Waals surface area contributed by atoms with Gasteiger partial charge in [-0.05, 0) is 42.6 Å². The van der Waals surface area contributed by atoms with Gasteiger partial charge in [-0.1, -0.05) is 19.1 Å². The maximum absolute atomic E-state index is 15.2. The molecule has 0 spiro atoms. The second-order valence-corrected chi connectivity index (χ2v) is 9.66. The topological polar surface area (TPSA) is 120 Å². The fourth-order valence-electron chi connectivity index (χ4n) is 4.38. The Kier molecular flexibility index (Phi) is 7.88. The molecular formula is C25H29ClFN5O5. The van der Waals surface area contributed by atoms with Crippen LogP contribution in [0.2, 0.25) is 5.28 Å². The third-order valence-corrected chi connectivity index (χ3v) is 6.74. The molecule has 1 aliphatic rings. The molecule has 1 saturated heterocycles. The number of alkyl halides is 1. The number of aldehydes is 1. The number of carbonyl (C=O) groups excluding carboxylic acids is 2. The Morgan fingerprint density at radius 2 is 2.14 bits per heavy atom. The van der Waals surface area contributed by atoms with Gasteiger partial charge < -0.3 is 24.3 Å². The summed E-state index contributed by atoms with van der Waals surface area (Å²) in [5.41, 5.74) is 1.21. The van der Waals surface area contributed by atoms with Gasteiger partial charge in [-0.3, -0.25) is 9.36 Å². The summed E-state index contributed by atoms with van der Waals surface area (Å²) in [5.74, 6) is -0.160. The van der Waals surface area contributed by atoms with E-state index < -0.39 is 30.2 Å². The van der Waals surface area contributed by atoms with Crippen molar-refractivity contribution in [2.75, 3.05) is 20.7 Å². The molecule has 2 aromatic heterocycles. The molecule has 1 amide bonds. The van der Waals surface area contributed by atoms with Crippen molar-refractivity contribution < 1.29 is 28.6 Å². The Labute approximate surface area is 218 Å². The number of aryl methyl sites for hydroxylation is 1. The van der Waals surface area contributed by atoms with E-state index in [0.29, 0.717) is 29.5 Å². The van der Waals surface area contributed by atoms with E-state index in [1.54, 1.807) is 52.2 Å². The molecule has 0 radical (unpaired) electrons. The van der Waals surface area contributed by atoms with Gasteiger partial charge in [0, 0.05) is 26.1 Å². The zero-order valence-electron chi connectivity index (χ0n) is 21.0. The van der Waals surface area contributed by atoms with Crippen LogP contribution in [-0.2, 0) is 20.7 Å². The van der Waals surface area contributed by atoms with E-state index >= 15 is 4.39 Å². The van der Waals surface area contributed by atoms with Crippen molar-refractivity contribution in [2.45, 2.75) is 56.9 Å². The molecule has 10 nitrogen and oxygen atoms in total. The van der Waals surface area contributed by atoms with Crippen molar-refractivity contribution in [1.82, 2.24) is 24.4 Å². The van der Waals surface area contributed by atoms with Crippen molar-refractivity contribution in [1.29, 1.82) is 0 Å². The van der Waals surface area contributed by atoms with Crippen molar-refractivity contribution in [3.05, 3.63) is 52.7 Å². The minimum Gasteiger partial charge on any atom is -0.387 e. The largest absolute Gasteiger partial charge is 0.387 e. The number of aliphatic hydroxyl groups excluding tert-OH is 1. The predicted octanol–water partition coefficient (Wildman–Crippen LogP) is 2.69. The van der Waals surface area contributed by atoms with Gasteiger partial charge in [0.2, 0.25) is 5.28 Å². The zero-order chi connectivity index (χ0) is 26.9. The molecule has 1 aliphatic heterocycles. The third-order valence-electron chi connectivity index (χ3n) is 6.57. The summed E-state index contributed by atoms with van der Waals surface area (Å²) < 4.78 is 28.4. The van der Waals surface area contributed by atoms with Crippen LogP contribution >= 0.6 is 11.6 Å². The number of benzene rings is 1.